The van der Waals surface area contributed by atoms with Gasteiger partial charge in [-0.05, 0) is 38.1 Å². The Labute approximate surface area is 230 Å². The lowest BCUT2D eigenvalue weighted by molar-refractivity contribution is -0.910. The van der Waals surface area contributed by atoms with Gasteiger partial charge >= 0.3 is 9.28 Å². The van der Waals surface area contributed by atoms with Crippen molar-refractivity contribution in [1.82, 2.24) is 0 Å². The number of hydrogen-bond donors (Lipinski definition) is 0. The van der Waals surface area contributed by atoms with Gasteiger partial charge in [0.05, 0.1) is 26.7 Å². The summed E-state index contributed by atoms with van der Waals surface area (Å²) >= 11 is 0. The molecule has 0 aromatic heterocycles. The summed E-state index contributed by atoms with van der Waals surface area (Å²) in [7, 11) is 5.09. The van der Waals surface area contributed by atoms with Gasteiger partial charge in [0, 0.05) is 14.2 Å². The first-order valence-corrected chi connectivity index (χ1v) is 16.9. The molecule has 0 saturated carbocycles. The van der Waals surface area contributed by atoms with Crippen LogP contribution in [-0.2, 0) is 8.85 Å². The molecule has 0 rings (SSSR count). The van der Waals surface area contributed by atoms with E-state index in [-0.39, 0.29) is 12.4 Å². The fourth-order valence-electron chi connectivity index (χ4n) is 5.19. The molecule has 0 spiro atoms. The maximum Gasteiger partial charge on any atom is 0.384 e. The molecular formula is C30H65ClNO2Si. The predicted octanol–water partition coefficient (Wildman–Crippen LogP) is 6.45. The highest BCUT2D eigenvalue weighted by molar-refractivity contribution is 6.44. The second kappa shape index (κ2) is 29.0. The van der Waals surface area contributed by atoms with Crippen LogP contribution in [0.15, 0.2) is 0 Å². The second-order valence-electron chi connectivity index (χ2n) is 11.0. The van der Waals surface area contributed by atoms with Crippen molar-refractivity contribution in [3.8, 4) is 0 Å². The molecule has 0 aromatic carbocycles. The Morgan fingerprint density at radius 2 is 0.743 bits per heavy atom. The maximum atomic E-state index is 5.52. The molecule has 5 heteroatoms. The van der Waals surface area contributed by atoms with Crippen LogP contribution in [0.2, 0.25) is 6.04 Å². The van der Waals surface area contributed by atoms with Crippen LogP contribution < -0.4 is 12.4 Å². The number of hydrogen-bond acceptors (Lipinski definition) is 2. The number of nitrogens with zero attached hydrogens (tertiary/aromatic N) is 1. The van der Waals surface area contributed by atoms with Gasteiger partial charge in [-0.1, -0.05) is 117 Å². The Hall–Kier alpha value is 0.387. The molecule has 213 valence electrons. The first-order chi connectivity index (χ1) is 16.6. The molecular weight excluding hydrogens is 470 g/mol. The molecule has 0 bridgehead atoms. The van der Waals surface area contributed by atoms with E-state index in [4.69, 9.17) is 8.85 Å². The molecule has 0 unspecified atom stereocenters. The van der Waals surface area contributed by atoms with Gasteiger partial charge in [-0.3, -0.25) is 0 Å². The van der Waals surface area contributed by atoms with Crippen molar-refractivity contribution in [2.75, 3.05) is 40.9 Å². The van der Waals surface area contributed by atoms with E-state index in [1.165, 1.54) is 159 Å². The highest BCUT2D eigenvalue weighted by atomic mass is 35.5. The van der Waals surface area contributed by atoms with Crippen LogP contribution in [-0.4, -0.2) is 54.7 Å². The van der Waals surface area contributed by atoms with E-state index in [0.717, 1.165) is 6.04 Å². The summed E-state index contributed by atoms with van der Waals surface area (Å²) in [6.07, 6.45) is 29.8. The Bertz CT molecular complexity index is 373. The molecule has 0 amide bonds. The number of halogens is 1. The van der Waals surface area contributed by atoms with Crippen LogP contribution in [0, 0.1) is 0 Å². The Morgan fingerprint density at radius 3 is 1.06 bits per heavy atom. The van der Waals surface area contributed by atoms with Gasteiger partial charge in [0.2, 0.25) is 0 Å². The van der Waals surface area contributed by atoms with E-state index < -0.39 is 9.28 Å². The molecule has 0 aliphatic carbocycles. The third-order valence-corrected chi connectivity index (χ3v) is 9.31. The fourth-order valence-corrected chi connectivity index (χ4v) is 6.21. The van der Waals surface area contributed by atoms with Gasteiger partial charge in [0.1, 0.15) is 0 Å². The summed E-state index contributed by atoms with van der Waals surface area (Å²) in [5, 5.41) is 0. The molecule has 3 nitrogen and oxygen atoms in total. The fraction of sp³-hybridized carbons (Fsp3) is 1.00. The average molecular weight is 535 g/mol. The number of rotatable bonds is 28. The number of quaternary nitrogens is 1. The lowest BCUT2D eigenvalue weighted by atomic mass is 10.1. The second-order valence-corrected chi connectivity index (χ2v) is 13.1. The van der Waals surface area contributed by atoms with Crippen molar-refractivity contribution in [1.29, 1.82) is 0 Å². The first-order valence-electron chi connectivity index (χ1n) is 15.4. The van der Waals surface area contributed by atoms with Gasteiger partial charge in [-0.25, -0.2) is 0 Å². The van der Waals surface area contributed by atoms with E-state index in [1.54, 1.807) is 14.2 Å². The van der Waals surface area contributed by atoms with E-state index >= 15 is 0 Å². The largest absolute Gasteiger partial charge is 1.00 e. The van der Waals surface area contributed by atoms with E-state index in [1.807, 2.05) is 0 Å². The minimum Gasteiger partial charge on any atom is -1.00 e. The van der Waals surface area contributed by atoms with Crippen molar-refractivity contribution in [2.24, 2.45) is 0 Å². The van der Waals surface area contributed by atoms with E-state index in [9.17, 15) is 0 Å². The van der Waals surface area contributed by atoms with Gasteiger partial charge in [-0.2, -0.15) is 0 Å². The summed E-state index contributed by atoms with van der Waals surface area (Å²) in [5.74, 6) is 0. The van der Waals surface area contributed by atoms with Crippen molar-refractivity contribution >= 4 is 9.28 Å². The smallest absolute Gasteiger partial charge is 0.384 e. The van der Waals surface area contributed by atoms with E-state index in [0.29, 0.717) is 0 Å². The Kier molecular flexibility index (Phi) is 31.1. The summed E-state index contributed by atoms with van der Waals surface area (Å²) < 4.78 is 12.3. The van der Waals surface area contributed by atoms with Crippen LogP contribution in [0.1, 0.15) is 149 Å². The first kappa shape index (κ1) is 37.5. The standard InChI is InChI=1S/C30H65NO2Si.ClH/c1-6-8-10-12-14-16-18-20-22-24-27-31(3,29-26-30-34(32-4)33-5)28-25-23-21-19-17-15-13-11-9-7-2;/h6-30H2,1-5H3;1H/q+1;/p-1. The lowest BCUT2D eigenvalue weighted by Gasteiger charge is -2.35. The minimum absolute atomic E-state index is 0. The molecule has 35 heavy (non-hydrogen) atoms. The summed E-state index contributed by atoms with van der Waals surface area (Å²) in [5.41, 5.74) is 0. The number of unbranched alkanes of at least 4 members (excludes halogenated alkanes) is 18. The summed E-state index contributed by atoms with van der Waals surface area (Å²) in [6.45, 7) is 8.61. The monoisotopic (exact) mass is 534 g/mol. The van der Waals surface area contributed by atoms with Gasteiger partial charge in [0.15, 0.2) is 0 Å². The highest BCUT2D eigenvalue weighted by Gasteiger charge is 2.22. The van der Waals surface area contributed by atoms with Crippen molar-refractivity contribution in [3.63, 3.8) is 0 Å². The zero-order valence-electron chi connectivity index (χ0n) is 24.8. The molecule has 0 aliphatic heterocycles. The molecule has 1 radical (unpaired) electrons. The van der Waals surface area contributed by atoms with Crippen molar-refractivity contribution in [3.05, 3.63) is 0 Å². The zero-order chi connectivity index (χ0) is 25.2. The summed E-state index contributed by atoms with van der Waals surface area (Å²) in [4.78, 5) is 0. The topological polar surface area (TPSA) is 18.5 Å². The quantitative estimate of drug-likeness (QED) is 0.0652. The molecule has 0 N–H and O–H groups in total. The molecule has 0 aromatic rings. The molecule has 0 fully saturated rings. The highest BCUT2D eigenvalue weighted by Crippen LogP contribution is 2.17. The van der Waals surface area contributed by atoms with Gasteiger partial charge in [-0.15, -0.1) is 0 Å². The van der Waals surface area contributed by atoms with Crippen molar-refractivity contribution in [2.45, 2.75) is 155 Å². The summed E-state index contributed by atoms with van der Waals surface area (Å²) in [6, 6.07) is 1.11. The third kappa shape index (κ3) is 25.8. The Morgan fingerprint density at radius 1 is 0.457 bits per heavy atom. The van der Waals surface area contributed by atoms with Crippen LogP contribution >= 0.6 is 0 Å². The lowest BCUT2D eigenvalue weighted by Crippen LogP contribution is -3.00. The predicted molar refractivity (Wildman–Crippen MR) is 154 cm³/mol. The van der Waals surface area contributed by atoms with E-state index in [2.05, 4.69) is 20.9 Å². The maximum absolute atomic E-state index is 5.52. The van der Waals surface area contributed by atoms with Gasteiger partial charge < -0.3 is 25.7 Å². The van der Waals surface area contributed by atoms with Crippen LogP contribution in [0.25, 0.3) is 0 Å². The van der Waals surface area contributed by atoms with Crippen LogP contribution in [0.3, 0.4) is 0 Å². The van der Waals surface area contributed by atoms with Crippen LogP contribution in [0.5, 0.6) is 0 Å². The molecule has 0 heterocycles. The zero-order valence-corrected chi connectivity index (χ0v) is 26.6. The Balaban J connectivity index is 0. The van der Waals surface area contributed by atoms with Crippen molar-refractivity contribution < 1.29 is 25.7 Å². The third-order valence-electron chi connectivity index (χ3n) is 7.64. The average Bonchev–Trinajstić information content (AvgIpc) is 2.84. The molecule has 0 aliphatic rings. The molecule has 0 atom stereocenters. The van der Waals surface area contributed by atoms with Crippen LogP contribution in [0.4, 0.5) is 0 Å². The SMILES string of the molecule is CCCCCCCCCCCC[N+](C)(CCCCCCCCCCCC)CCC[Si](OC)OC.[Cl-]. The molecule has 0 saturated heterocycles. The van der Waals surface area contributed by atoms with Gasteiger partial charge in [0.25, 0.3) is 0 Å². The minimum atomic E-state index is -1.04. The normalized spacial score (nSPS) is 11.8.